The van der Waals surface area contributed by atoms with E-state index in [1.165, 1.54) is 10.4 Å². The molecule has 25 heavy (non-hydrogen) atoms. The zero-order valence-corrected chi connectivity index (χ0v) is 16.4. The molecular formula is C17H27ClN3O3S+. The molecule has 2 rings (SSSR count). The molecule has 0 aliphatic carbocycles. The molecule has 0 aromatic heterocycles. The number of amides is 1. The van der Waals surface area contributed by atoms with Crippen molar-refractivity contribution < 1.29 is 18.1 Å². The number of nitrogens with one attached hydrogen (secondary N) is 2. The van der Waals surface area contributed by atoms with Crippen LogP contribution < -0.4 is 10.2 Å². The number of carbonyl (C=O) groups excluding carboxylic acids is 1. The van der Waals surface area contributed by atoms with Gasteiger partial charge in [-0.25, -0.2) is 8.42 Å². The number of halogens is 1. The Morgan fingerprint density at radius 1 is 1.24 bits per heavy atom. The number of piperazine rings is 1. The lowest BCUT2D eigenvalue weighted by molar-refractivity contribution is -0.895. The number of quaternary nitrogens is 1. The molecule has 1 saturated heterocycles. The Hall–Kier alpha value is -1.15. The van der Waals surface area contributed by atoms with E-state index in [0.29, 0.717) is 32.7 Å². The van der Waals surface area contributed by atoms with Crippen LogP contribution in [0.3, 0.4) is 0 Å². The van der Waals surface area contributed by atoms with Crippen LogP contribution in [0.4, 0.5) is 0 Å². The quantitative estimate of drug-likeness (QED) is 0.716. The van der Waals surface area contributed by atoms with Crippen LogP contribution >= 0.6 is 11.6 Å². The van der Waals surface area contributed by atoms with Gasteiger partial charge in [-0.1, -0.05) is 37.6 Å². The highest BCUT2D eigenvalue weighted by atomic mass is 35.5. The maximum absolute atomic E-state index is 12.7. The molecule has 1 heterocycles. The molecule has 0 unspecified atom stereocenters. The lowest BCUT2D eigenvalue weighted by Gasteiger charge is -2.31. The minimum absolute atomic E-state index is 0.0334. The van der Waals surface area contributed by atoms with E-state index in [4.69, 9.17) is 11.6 Å². The lowest BCUT2D eigenvalue weighted by atomic mass is 10.2. The van der Waals surface area contributed by atoms with Crippen molar-refractivity contribution in [1.29, 1.82) is 0 Å². The van der Waals surface area contributed by atoms with Crippen LogP contribution in [-0.4, -0.2) is 57.4 Å². The second kappa shape index (κ2) is 8.98. The van der Waals surface area contributed by atoms with Crippen molar-refractivity contribution in [3.05, 3.63) is 29.3 Å². The van der Waals surface area contributed by atoms with Crippen LogP contribution in [0.15, 0.2) is 29.2 Å². The zero-order chi connectivity index (χ0) is 18.4. The molecular weight excluding hydrogens is 362 g/mol. The van der Waals surface area contributed by atoms with Crippen molar-refractivity contribution >= 4 is 27.5 Å². The summed E-state index contributed by atoms with van der Waals surface area (Å²) in [6.45, 7) is 6.50. The molecule has 2 N–H and O–H groups in total. The summed E-state index contributed by atoms with van der Waals surface area (Å²) in [7, 11) is -3.58. The van der Waals surface area contributed by atoms with Gasteiger partial charge >= 0.3 is 0 Å². The summed E-state index contributed by atoms with van der Waals surface area (Å²) in [6, 6.07) is 6.71. The average Bonchev–Trinajstić information content (AvgIpc) is 2.60. The molecule has 6 nitrogen and oxygen atoms in total. The predicted molar refractivity (Wildman–Crippen MR) is 98.3 cm³/mol. The van der Waals surface area contributed by atoms with E-state index in [1.54, 1.807) is 18.2 Å². The normalized spacial score (nSPS) is 17.0. The molecule has 0 radical (unpaired) electrons. The Labute approximate surface area is 155 Å². The van der Waals surface area contributed by atoms with E-state index in [1.807, 2.05) is 0 Å². The molecule has 1 aromatic carbocycles. The fourth-order valence-electron chi connectivity index (χ4n) is 3.01. The third kappa shape index (κ3) is 5.17. The van der Waals surface area contributed by atoms with Crippen LogP contribution in [-0.2, 0) is 14.8 Å². The van der Waals surface area contributed by atoms with Crippen molar-refractivity contribution in [2.45, 2.75) is 37.6 Å². The fraction of sp³-hybridized carbons (Fsp3) is 0.588. The Morgan fingerprint density at radius 2 is 1.84 bits per heavy atom. The average molecular weight is 389 g/mol. The summed E-state index contributed by atoms with van der Waals surface area (Å²) in [6.07, 6.45) is 1.84. The highest BCUT2D eigenvalue weighted by Crippen LogP contribution is 2.23. The van der Waals surface area contributed by atoms with Gasteiger partial charge in [0.05, 0.1) is 31.2 Å². The fourth-order valence-corrected chi connectivity index (χ4v) is 4.95. The Balaban J connectivity index is 1.91. The van der Waals surface area contributed by atoms with Gasteiger partial charge in [0.2, 0.25) is 10.0 Å². The lowest BCUT2D eigenvalue weighted by Crippen LogP contribution is -3.15. The van der Waals surface area contributed by atoms with Crippen molar-refractivity contribution in [3.8, 4) is 0 Å². The van der Waals surface area contributed by atoms with Gasteiger partial charge in [-0.2, -0.15) is 4.31 Å². The van der Waals surface area contributed by atoms with E-state index in [0.717, 1.165) is 17.7 Å². The highest BCUT2D eigenvalue weighted by molar-refractivity contribution is 7.89. The first-order valence-corrected chi connectivity index (χ1v) is 10.6. The first-order chi connectivity index (χ1) is 11.9. The molecule has 1 fully saturated rings. The smallest absolute Gasteiger partial charge is 0.275 e. The largest absolute Gasteiger partial charge is 0.349 e. The first kappa shape index (κ1) is 20.2. The molecule has 8 heteroatoms. The Bertz CT molecular complexity index is 684. The molecule has 0 bridgehead atoms. The second-order valence-electron chi connectivity index (χ2n) is 6.34. The number of benzene rings is 1. The summed E-state index contributed by atoms with van der Waals surface area (Å²) in [5.74, 6) is 0.0334. The minimum atomic E-state index is -3.58. The summed E-state index contributed by atoms with van der Waals surface area (Å²) >= 11 is 6.04. The van der Waals surface area contributed by atoms with Crippen LogP contribution in [0, 0.1) is 0 Å². The van der Waals surface area contributed by atoms with Gasteiger partial charge in [-0.05, 0) is 25.0 Å². The van der Waals surface area contributed by atoms with E-state index in [-0.39, 0.29) is 21.9 Å². The van der Waals surface area contributed by atoms with Crippen molar-refractivity contribution in [2.75, 3.05) is 32.7 Å². The van der Waals surface area contributed by atoms with Crippen molar-refractivity contribution in [2.24, 2.45) is 0 Å². The van der Waals surface area contributed by atoms with Crippen molar-refractivity contribution in [1.82, 2.24) is 9.62 Å². The zero-order valence-electron chi connectivity index (χ0n) is 14.8. The molecule has 1 aliphatic rings. The minimum Gasteiger partial charge on any atom is -0.349 e. The highest BCUT2D eigenvalue weighted by Gasteiger charge is 2.32. The number of sulfonamides is 1. The third-order valence-electron chi connectivity index (χ3n) is 4.65. The molecule has 0 saturated carbocycles. The molecule has 0 atom stereocenters. The predicted octanol–water partition coefficient (Wildman–Crippen LogP) is 0.534. The van der Waals surface area contributed by atoms with E-state index in [9.17, 15) is 13.2 Å². The second-order valence-corrected chi connectivity index (χ2v) is 8.66. The monoisotopic (exact) mass is 388 g/mol. The summed E-state index contributed by atoms with van der Waals surface area (Å²) < 4.78 is 26.9. The van der Waals surface area contributed by atoms with E-state index < -0.39 is 10.0 Å². The summed E-state index contributed by atoms with van der Waals surface area (Å²) in [5.41, 5.74) is 0. The molecule has 1 amide bonds. The van der Waals surface area contributed by atoms with Gasteiger partial charge in [0.15, 0.2) is 6.54 Å². The van der Waals surface area contributed by atoms with Gasteiger partial charge in [0.25, 0.3) is 5.91 Å². The van der Waals surface area contributed by atoms with E-state index >= 15 is 0 Å². The summed E-state index contributed by atoms with van der Waals surface area (Å²) in [5, 5.41) is 3.27. The molecule has 1 aromatic rings. The van der Waals surface area contributed by atoms with Crippen LogP contribution in [0.5, 0.6) is 0 Å². The van der Waals surface area contributed by atoms with E-state index in [2.05, 4.69) is 19.2 Å². The molecule has 140 valence electrons. The van der Waals surface area contributed by atoms with Gasteiger partial charge in [-0.15, -0.1) is 0 Å². The number of rotatable bonds is 7. The Morgan fingerprint density at radius 3 is 2.40 bits per heavy atom. The molecule has 1 aliphatic heterocycles. The van der Waals surface area contributed by atoms with Gasteiger partial charge in [0.1, 0.15) is 4.90 Å². The topological polar surface area (TPSA) is 70.9 Å². The molecule has 0 spiro atoms. The SMILES string of the molecule is CCC(CC)NC(=O)C[NH+]1CCN(S(=O)(=O)c2ccccc2Cl)CC1. The maximum Gasteiger partial charge on any atom is 0.275 e. The third-order valence-corrected chi connectivity index (χ3v) is 7.04. The Kier molecular flexibility index (Phi) is 7.25. The van der Waals surface area contributed by atoms with Crippen LogP contribution in [0.25, 0.3) is 0 Å². The number of hydrogen-bond acceptors (Lipinski definition) is 3. The van der Waals surface area contributed by atoms with Crippen molar-refractivity contribution in [3.63, 3.8) is 0 Å². The maximum atomic E-state index is 12.7. The number of carbonyl (C=O) groups is 1. The van der Waals surface area contributed by atoms with Gasteiger partial charge in [0, 0.05) is 6.04 Å². The van der Waals surface area contributed by atoms with Gasteiger partial charge in [-0.3, -0.25) is 4.79 Å². The van der Waals surface area contributed by atoms with Crippen LogP contribution in [0.2, 0.25) is 5.02 Å². The number of nitrogens with zero attached hydrogens (tertiary/aromatic N) is 1. The first-order valence-electron chi connectivity index (χ1n) is 8.76. The summed E-state index contributed by atoms with van der Waals surface area (Å²) in [4.78, 5) is 13.4. The standard InChI is InChI=1S/C17H26ClN3O3S/c1-3-14(4-2)19-17(22)13-20-9-11-21(12-10-20)25(23,24)16-8-6-5-7-15(16)18/h5-8,14H,3-4,9-13H2,1-2H3,(H,19,22)/p+1. The van der Waals surface area contributed by atoms with Gasteiger partial charge < -0.3 is 10.2 Å². The van der Waals surface area contributed by atoms with Crippen LogP contribution in [0.1, 0.15) is 26.7 Å². The number of hydrogen-bond donors (Lipinski definition) is 2.